The van der Waals surface area contributed by atoms with Gasteiger partial charge in [-0.3, -0.25) is 10.1 Å². The first-order valence-corrected chi connectivity index (χ1v) is 6.93. The van der Waals surface area contributed by atoms with Gasteiger partial charge in [0.05, 0.1) is 4.87 Å². The maximum absolute atomic E-state index is 10.9. The molecule has 2 heterocycles. The smallest absolute Gasteiger partial charge is 0.321 e. The van der Waals surface area contributed by atoms with Crippen LogP contribution < -0.4 is 5.32 Å². The maximum atomic E-state index is 10.9. The Labute approximate surface area is 92.4 Å². The molecule has 0 radical (unpaired) electrons. The van der Waals surface area contributed by atoms with Crippen LogP contribution in [0.1, 0.15) is 19.8 Å². The van der Waals surface area contributed by atoms with E-state index in [0.717, 1.165) is 6.42 Å². The molecule has 0 saturated carbocycles. The summed E-state index contributed by atoms with van der Waals surface area (Å²) in [6, 6.07) is -0.346. The lowest BCUT2D eigenvalue weighted by Gasteiger charge is -2.38. The van der Waals surface area contributed by atoms with Crippen molar-refractivity contribution in [2.45, 2.75) is 35.9 Å². The van der Waals surface area contributed by atoms with Crippen molar-refractivity contribution in [2.75, 3.05) is 11.5 Å². The van der Waals surface area contributed by atoms with Gasteiger partial charge in [0.15, 0.2) is 0 Å². The van der Waals surface area contributed by atoms with Crippen molar-refractivity contribution < 1.29 is 9.90 Å². The van der Waals surface area contributed by atoms with Gasteiger partial charge in [0, 0.05) is 11.0 Å². The fourth-order valence-electron chi connectivity index (χ4n) is 2.06. The van der Waals surface area contributed by atoms with Crippen LogP contribution in [0.25, 0.3) is 0 Å². The molecule has 2 fully saturated rings. The lowest BCUT2D eigenvalue weighted by molar-refractivity contribution is -0.138. The third kappa shape index (κ3) is 1.77. The minimum absolute atomic E-state index is 0.0337. The summed E-state index contributed by atoms with van der Waals surface area (Å²) in [5.41, 5.74) is 0. The van der Waals surface area contributed by atoms with Crippen LogP contribution in [0, 0.1) is 0 Å². The fourth-order valence-corrected chi connectivity index (χ4v) is 5.02. The Bertz CT molecular complexity index is 249. The summed E-state index contributed by atoms with van der Waals surface area (Å²) in [6.45, 7) is 2.20. The number of thioether (sulfide) groups is 2. The molecule has 0 aromatic heterocycles. The normalized spacial score (nSPS) is 42.9. The summed E-state index contributed by atoms with van der Waals surface area (Å²) in [7, 11) is 0. The van der Waals surface area contributed by atoms with Gasteiger partial charge in [0.2, 0.25) is 0 Å². The van der Waals surface area contributed by atoms with Gasteiger partial charge >= 0.3 is 5.97 Å². The van der Waals surface area contributed by atoms with E-state index in [4.69, 9.17) is 5.11 Å². The van der Waals surface area contributed by atoms with Crippen molar-refractivity contribution in [3.63, 3.8) is 0 Å². The Hall–Kier alpha value is 0.130. The van der Waals surface area contributed by atoms with Crippen molar-refractivity contribution in [3.05, 3.63) is 0 Å². The predicted molar refractivity (Wildman–Crippen MR) is 60.9 cm³/mol. The zero-order valence-electron chi connectivity index (χ0n) is 8.16. The molecule has 5 heteroatoms. The quantitative estimate of drug-likeness (QED) is 0.717. The summed E-state index contributed by atoms with van der Waals surface area (Å²) in [4.78, 5) is 10.9. The van der Waals surface area contributed by atoms with Crippen molar-refractivity contribution in [1.29, 1.82) is 0 Å². The van der Waals surface area contributed by atoms with E-state index in [0.29, 0.717) is 11.0 Å². The number of carboxylic acids is 1. The second-order valence-corrected chi connectivity index (χ2v) is 6.65. The van der Waals surface area contributed by atoms with Crippen molar-refractivity contribution >= 4 is 29.5 Å². The van der Waals surface area contributed by atoms with Crippen LogP contribution >= 0.6 is 23.5 Å². The Morgan fingerprint density at radius 3 is 3.00 bits per heavy atom. The highest BCUT2D eigenvalue weighted by Gasteiger charge is 2.47. The number of aliphatic carboxylic acids is 1. The zero-order chi connectivity index (χ0) is 10.2. The van der Waals surface area contributed by atoms with E-state index in [2.05, 4.69) is 12.2 Å². The second-order valence-electron chi connectivity index (χ2n) is 3.85. The molecule has 0 aromatic carbocycles. The fraction of sp³-hybridized carbons (Fsp3) is 0.889. The first kappa shape index (κ1) is 10.6. The van der Waals surface area contributed by atoms with E-state index < -0.39 is 5.97 Å². The summed E-state index contributed by atoms with van der Waals surface area (Å²) in [6.07, 6.45) is 2.30. The molecule has 2 unspecified atom stereocenters. The summed E-state index contributed by atoms with van der Waals surface area (Å²) in [5, 5.41) is 12.7. The van der Waals surface area contributed by atoms with E-state index in [1.807, 2.05) is 11.8 Å². The van der Waals surface area contributed by atoms with Gasteiger partial charge in [-0.15, -0.1) is 11.8 Å². The van der Waals surface area contributed by atoms with Gasteiger partial charge in [0.1, 0.15) is 6.04 Å². The standard InChI is InChI=1S/C9H15NO2S2/c1-6-9(3-2-4-13-6)10-7(5-14-9)8(11)12/h6-7,10H,2-5H2,1H3,(H,11,12)/t6?,7-,9?/m1/s1. The van der Waals surface area contributed by atoms with Gasteiger partial charge in [-0.05, 0) is 18.6 Å². The van der Waals surface area contributed by atoms with E-state index in [9.17, 15) is 4.79 Å². The molecule has 2 aliphatic rings. The highest BCUT2D eigenvalue weighted by molar-refractivity contribution is 8.04. The Morgan fingerprint density at radius 1 is 1.64 bits per heavy atom. The van der Waals surface area contributed by atoms with Crippen molar-refractivity contribution in [3.8, 4) is 0 Å². The van der Waals surface area contributed by atoms with Gasteiger partial charge in [0.25, 0.3) is 0 Å². The van der Waals surface area contributed by atoms with E-state index >= 15 is 0 Å². The van der Waals surface area contributed by atoms with Crippen LogP contribution in [-0.2, 0) is 4.79 Å². The number of carboxylic acid groups (broad SMARTS) is 1. The number of hydrogen-bond acceptors (Lipinski definition) is 4. The van der Waals surface area contributed by atoms with Crippen LogP contribution in [0.15, 0.2) is 0 Å². The minimum Gasteiger partial charge on any atom is -0.480 e. The number of nitrogens with one attached hydrogen (secondary N) is 1. The molecule has 3 nitrogen and oxygen atoms in total. The average Bonchev–Trinajstić information content (AvgIpc) is 2.56. The van der Waals surface area contributed by atoms with Crippen LogP contribution in [0.3, 0.4) is 0 Å². The van der Waals surface area contributed by atoms with Gasteiger partial charge in [-0.2, -0.15) is 11.8 Å². The number of carbonyl (C=O) groups is 1. The topological polar surface area (TPSA) is 49.3 Å². The zero-order valence-corrected chi connectivity index (χ0v) is 9.79. The SMILES string of the molecule is CC1SCCCC12N[C@@H](C(=O)O)CS2. The molecule has 2 N–H and O–H groups in total. The molecule has 14 heavy (non-hydrogen) atoms. The largest absolute Gasteiger partial charge is 0.480 e. The van der Waals surface area contributed by atoms with Crippen LogP contribution in [0.2, 0.25) is 0 Å². The van der Waals surface area contributed by atoms with E-state index in [-0.39, 0.29) is 10.9 Å². The molecule has 0 aromatic rings. The highest BCUT2D eigenvalue weighted by atomic mass is 32.2. The van der Waals surface area contributed by atoms with Gasteiger partial charge in [-0.1, -0.05) is 6.92 Å². The Morgan fingerprint density at radius 2 is 2.43 bits per heavy atom. The van der Waals surface area contributed by atoms with Crippen LogP contribution in [-0.4, -0.2) is 38.7 Å². The first-order valence-electron chi connectivity index (χ1n) is 4.90. The average molecular weight is 233 g/mol. The van der Waals surface area contributed by atoms with Gasteiger partial charge in [-0.25, -0.2) is 0 Å². The molecule has 0 bridgehead atoms. The third-order valence-electron chi connectivity index (χ3n) is 2.94. The molecule has 0 aliphatic carbocycles. The molecule has 2 saturated heterocycles. The van der Waals surface area contributed by atoms with Crippen LogP contribution in [0.4, 0.5) is 0 Å². The highest BCUT2D eigenvalue weighted by Crippen LogP contribution is 2.45. The molecule has 2 rings (SSSR count). The lowest BCUT2D eigenvalue weighted by atomic mass is 10.1. The predicted octanol–water partition coefficient (Wildman–Crippen LogP) is 1.39. The van der Waals surface area contributed by atoms with Crippen LogP contribution in [0.5, 0.6) is 0 Å². The molecular formula is C9H15NO2S2. The molecule has 2 aliphatic heterocycles. The third-order valence-corrected chi connectivity index (χ3v) is 6.21. The second kappa shape index (κ2) is 3.94. The number of rotatable bonds is 1. The molecule has 80 valence electrons. The molecular weight excluding hydrogens is 218 g/mol. The number of hydrogen-bond donors (Lipinski definition) is 2. The summed E-state index contributed by atoms with van der Waals surface area (Å²) in [5.74, 6) is 1.21. The summed E-state index contributed by atoms with van der Waals surface area (Å²) < 4.78 is 0. The lowest BCUT2D eigenvalue weighted by Crippen LogP contribution is -2.52. The van der Waals surface area contributed by atoms with E-state index in [1.54, 1.807) is 11.8 Å². The van der Waals surface area contributed by atoms with Gasteiger partial charge < -0.3 is 5.11 Å². The summed E-state index contributed by atoms with van der Waals surface area (Å²) >= 11 is 3.75. The maximum Gasteiger partial charge on any atom is 0.321 e. The molecule has 1 spiro atoms. The molecule has 3 atom stereocenters. The van der Waals surface area contributed by atoms with Crippen molar-refractivity contribution in [2.24, 2.45) is 0 Å². The van der Waals surface area contributed by atoms with E-state index in [1.165, 1.54) is 12.2 Å². The molecule has 0 amide bonds. The Kier molecular flexibility index (Phi) is 3.00. The Balaban J connectivity index is 2.06. The van der Waals surface area contributed by atoms with Crippen molar-refractivity contribution in [1.82, 2.24) is 5.32 Å². The minimum atomic E-state index is -0.711. The monoisotopic (exact) mass is 233 g/mol. The first-order chi connectivity index (χ1) is 6.64.